The Kier molecular flexibility index (Phi) is 7.59. The number of hydrogen-bond donors (Lipinski definition) is 1. The molecule has 0 heterocycles. The van der Waals surface area contributed by atoms with Crippen molar-refractivity contribution in [3.05, 3.63) is 12.2 Å². The van der Waals surface area contributed by atoms with Crippen molar-refractivity contribution < 1.29 is 0 Å². The maximum absolute atomic E-state index is 5.62. The molecule has 1 unspecified atom stereocenters. The Morgan fingerprint density at radius 3 is 2.64 bits per heavy atom. The summed E-state index contributed by atoms with van der Waals surface area (Å²) in [6.07, 6.45) is 9.37. The second-order valence-electron chi connectivity index (χ2n) is 3.05. The largest absolute Gasteiger partial charge is 0.330 e. The first-order valence-corrected chi connectivity index (χ1v) is 4.66. The predicted molar refractivity (Wildman–Crippen MR) is 51.5 cm³/mol. The molecule has 0 saturated carbocycles. The molecule has 11 heavy (non-hydrogen) atoms. The summed E-state index contributed by atoms with van der Waals surface area (Å²) >= 11 is 0. The van der Waals surface area contributed by atoms with Crippen LogP contribution < -0.4 is 5.73 Å². The van der Waals surface area contributed by atoms with E-state index in [4.69, 9.17) is 5.73 Å². The number of hydrogen-bond acceptors (Lipinski definition) is 1. The first kappa shape index (κ1) is 10.7. The SMILES string of the molecule is CC=CCC(CN)CCCC. The van der Waals surface area contributed by atoms with Crippen LogP contribution >= 0.6 is 0 Å². The fourth-order valence-electron chi connectivity index (χ4n) is 1.15. The third-order valence-corrected chi connectivity index (χ3v) is 2.00. The molecule has 2 N–H and O–H groups in total. The third kappa shape index (κ3) is 6.11. The van der Waals surface area contributed by atoms with Gasteiger partial charge >= 0.3 is 0 Å². The summed E-state index contributed by atoms with van der Waals surface area (Å²) in [4.78, 5) is 0. The van der Waals surface area contributed by atoms with Crippen LogP contribution in [0.1, 0.15) is 39.5 Å². The normalized spacial score (nSPS) is 14.1. The Labute approximate surface area is 70.7 Å². The topological polar surface area (TPSA) is 26.0 Å². The quantitative estimate of drug-likeness (QED) is 0.586. The molecular weight excluding hydrogens is 134 g/mol. The van der Waals surface area contributed by atoms with Crippen molar-refractivity contribution in [1.29, 1.82) is 0 Å². The van der Waals surface area contributed by atoms with Crippen molar-refractivity contribution >= 4 is 0 Å². The molecule has 0 aliphatic rings. The van der Waals surface area contributed by atoms with E-state index in [-0.39, 0.29) is 0 Å². The van der Waals surface area contributed by atoms with Crippen LogP contribution in [0.5, 0.6) is 0 Å². The molecule has 0 aromatic rings. The highest BCUT2D eigenvalue weighted by Gasteiger charge is 2.02. The minimum Gasteiger partial charge on any atom is -0.330 e. The monoisotopic (exact) mass is 155 g/mol. The fourth-order valence-corrected chi connectivity index (χ4v) is 1.15. The number of nitrogens with two attached hydrogens (primary N) is 1. The van der Waals surface area contributed by atoms with Crippen molar-refractivity contribution in [2.24, 2.45) is 11.7 Å². The molecule has 0 aromatic heterocycles. The van der Waals surface area contributed by atoms with Crippen LogP contribution in [0.3, 0.4) is 0 Å². The van der Waals surface area contributed by atoms with Gasteiger partial charge in [0, 0.05) is 0 Å². The number of rotatable bonds is 6. The van der Waals surface area contributed by atoms with Crippen LogP contribution in [0.15, 0.2) is 12.2 Å². The second-order valence-corrected chi connectivity index (χ2v) is 3.05. The van der Waals surface area contributed by atoms with Crippen molar-refractivity contribution in [3.63, 3.8) is 0 Å². The van der Waals surface area contributed by atoms with Gasteiger partial charge in [-0.15, -0.1) is 0 Å². The maximum atomic E-state index is 5.62. The van der Waals surface area contributed by atoms with E-state index < -0.39 is 0 Å². The zero-order valence-corrected chi connectivity index (χ0v) is 7.84. The second kappa shape index (κ2) is 7.80. The first-order chi connectivity index (χ1) is 5.35. The van der Waals surface area contributed by atoms with E-state index in [0.717, 1.165) is 13.0 Å². The molecule has 0 radical (unpaired) electrons. The van der Waals surface area contributed by atoms with Gasteiger partial charge in [0.1, 0.15) is 0 Å². The first-order valence-electron chi connectivity index (χ1n) is 4.66. The van der Waals surface area contributed by atoms with Crippen LogP contribution in [0.4, 0.5) is 0 Å². The van der Waals surface area contributed by atoms with Crippen molar-refractivity contribution in [1.82, 2.24) is 0 Å². The minimum absolute atomic E-state index is 0.714. The average molecular weight is 155 g/mol. The summed E-state index contributed by atoms with van der Waals surface area (Å²) in [7, 11) is 0. The van der Waals surface area contributed by atoms with Crippen molar-refractivity contribution in [2.45, 2.75) is 39.5 Å². The Morgan fingerprint density at radius 2 is 2.18 bits per heavy atom. The number of unbranched alkanes of at least 4 members (excludes halogenated alkanes) is 1. The molecule has 0 aliphatic carbocycles. The van der Waals surface area contributed by atoms with E-state index >= 15 is 0 Å². The summed E-state index contributed by atoms with van der Waals surface area (Å²) in [6, 6.07) is 0. The van der Waals surface area contributed by atoms with E-state index in [1.165, 1.54) is 19.3 Å². The molecule has 0 bridgehead atoms. The van der Waals surface area contributed by atoms with Crippen molar-refractivity contribution in [2.75, 3.05) is 6.54 Å². The fraction of sp³-hybridized carbons (Fsp3) is 0.800. The van der Waals surface area contributed by atoms with Gasteiger partial charge < -0.3 is 5.73 Å². The van der Waals surface area contributed by atoms with Gasteiger partial charge in [-0.1, -0.05) is 31.9 Å². The van der Waals surface area contributed by atoms with E-state index in [0.29, 0.717) is 5.92 Å². The molecule has 0 aliphatic heterocycles. The minimum atomic E-state index is 0.714. The lowest BCUT2D eigenvalue weighted by atomic mass is 9.99. The van der Waals surface area contributed by atoms with Crippen LogP contribution in [0, 0.1) is 5.92 Å². The van der Waals surface area contributed by atoms with Crippen LogP contribution in [0.25, 0.3) is 0 Å². The lowest BCUT2D eigenvalue weighted by molar-refractivity contribution is 0.480. The van der Waals surface area contributed by atoms with Crippen LogP contribution in [0.2, 0.25) is 0 Å². The van der Waals surface area contributed by atoms with Gasteiger partial charge in [-0.05, 0) is 32.2 Å². The van der Waals surface area contributed by atoms with Gasteiger partial charge in [0.15, 0.2) is 0 Å². The highest BCUT2D eigenvalue weighted by molar-refractivity contribution is 4.80. The Balaban J connectivity index is 3.40. The highest BCUT2D eigenvalue weighted by atomic mass is 14.5. The van der Waals surface area contributed by atoms with Gasteiger partial charge in [0.2, 0.25) is 0 Å². The zero-order chi connectivity index (χ0) is 8.53. The van der Waals surface area contributed by atoms with Gasteiger partial charge in [0.25, 0.3) is 0 Å². The van der Waals surface area contributed by atoms with Gasteiger partial charge in [0.05, 0.1) is 0 Å². The summed E-state index contributed by atoms with van der Waals surface area (Å²) < 4.78 is 0. The van der Waals surface area contributed by atoms with E-state index in [1.54, 1.807) is 0 Å². The Morgan fingerprint density at radius 1 is 1.45 bits per heavy atom. The molecule has 1 atom stereocenters. The molecule has 0 aromatic carbocycles. The van der Waals surface area contributed by atoms with Gasteiger partial charge in [-0.25, -0.2) is 0 Å². The summed E-state index contributed by atoms with van der Waals surface area (Å²) in [5.41, 5.74) is 5.62. The Hall–Kier alpha value is -0.300. The zero-order valence-electron chi connectivity index (χ0n) is 7.84. The summed E-state index contributed by atoms with van der Waals surface area (Å²) in [5.74, 6) is 0.714. The van der Waals surface area contributed by atoms with E-state index in [2.05, 4.69) is 26.0 Å². The van der Waals surface area contributed by atoms with E-state index in [1.807, 2.05) is 0 Å². The van der Waals surface area contributed by atoms with Gasteiger partial charge in [-0.2, -0.15) is 0 Å². The molecule has 0 fully saturated rings. The smallest absolute Gasteiger partial charge is 0.00459 e. The molecule has 0 amide bonds. The van der Waals surface area contributed by atoms with Crippen molar-refractivity contribution in [3.8, 4) is 0 Å². The third-order valence-electron chi connectivity index (χ3n) is 2.00. The van der Waals surface area contributed by atoms with Crippen LogP contribution in [-0.2, 0) is 0 Å². The molecule has 66 valence electrons. The molecular formula is C10H21N. The average Bonchev–Trinajstić information content (AvgIpc) is 2.05. The lowest BCUT2D eigenvalue weighted by Gasteiger charge is -2.10. The number of allylic oxidation sites excluding steroid dienone is 2. The molecule has 0 saturated heterocycles. The van der Waals surface area contributed by atoms with Crippen LogP contribution in [-0.4, -0.2) is 6.54 Å². The molecule has 0 rings (SSSR count). The standard InChI is InChI=1S/C10H21N/c1-3-5-7-10(9-11)8-6-4-2/h3,5,10H,4,6-9,11H2,1-2H3. The summed E-state index contributed by atoms with van der Waals surface area (Å²) in [6.45, 7) is 5.13. The van der Waals surface area contributed by atoms with E-state index in [9.17, 15) is 0 Å². The lowest BCUT2D eigenvalue weighted by Crippen LogP contribution is -2.13. The Bertz CT molecular complexity index is 97.0. The molecule has 1 nitrogen and oxygen atoms in total. The summed E-state index contributed by atoms with van der Waals surface area (Å²) in [5, 5.41) is 0. The molecule has 0 spiro atoms. The maximum Gasteiger partial charge on any atom is -0.00459 e. The molecule has 1 heteroatoms. The predicted octanol–water partition coefficient (Wildman–Crippen LogP) is 2.72. The van der Waals surface area contributed by atoms with Gasteiger partial charge in [-0.3, -0.25) is 0 Å². The highest BCUT2D eigenvalue weighted by Crippen LogP contribution is 2.11.